The number of fused-ring (bicyclic) bond motifs is 1. The number of hydrogen-bond donors (Lipinski definition) is 2. The van der Waals surface area contributed by atoms with Gasteiger partial charge in [0.15, 0.2) is 6.23 Å². The van der Waals surface area contributed by atoms with Gasteiger partial charge in [-0.1, -0.05) is 13.8 Å². The summed E-state index contributed by atoms with van der Waals surface area (Å²) >= 11 is 0. The first-order valence-corrected chi connectivity index (χ1v) is 9.18. The summed E-state index contributed by atoms with van der Waals surface area (Å²) < 4.78 is 5.46. The molecule has 0 radical (unpaired) electrons. The molecule has 1 heterocycles. The van der Waals surface area contributed by atoms with E-state index in [1.807, 2.05) is 13.8 Å². The highest BCUT2D eigenvalue weighted by Crippen LogP contribution is 2.28. The summed E-state index contributed by atoms with van der Waals surface area (Å²) in [5.74, 6) is -1.27. The van der Waals surface area contributed by atoms with Gasteiger partial charge in [-0.25, -0.2) is 0 Å². The van der Waals surface area contributed by atoms with E-state index < -0.39 is 53.6 Å². The second-order valence-corrected chi connectivity index (χ2v) is 7.18. The number of amides is 2. The number of carbonyl (C=O) groups excluding carboxylic acids is 2. The van der Waals surface area contributed by atoms with Crippen molar-refractivity contribution in [2.45, 2.75) is 38.7 Å². The molecular weight excluding hydrogens is 420 g/mol. The van der Waals surface area contributed by atoms with Crippen LogP contribution in [-0.4, -0.2) is 63.6 Å². The molecule has 0 bridgehead atoms. The van der Waals surface area contributed by atoms with E-state index in [2.05, 4.69) is 9.68 Å². The van der Waals surface area contributed by atoms with Gasteiger partial charge in [0.25, 0.3) is 22.0 Å². The predicted octanol–water partition coefficient (Wildman–Crippen LogP) is 0.138. The molecule has 1 aliphatic heterocycles. The van der Waals surface area contributed by atoms with Gasteiger partial charge in [-0.05, 0) is 30.5 Å². The molecule has 14 heteroatoms. The maximum Gasteiger partial charge on any atom is 0.294 e. The number of ether oxygens (including phenoxy) is 1. The Morgan fingerprint density at radius 2 is 1.77 bits per heavy atom. The molecule has 0 spiro atoms. The van der Waals surface area contributed by atoms with Gasteiger partial charge >= 0.3 is 0 Å². The van der Waals surface area contributed by atoms with Crippen molar-refractivity contribution in [2.24, 2.45) is 11.7 Å². The number of nitrogens with two attached hydrogens (primary N) is 1. The van der Waals surface area contributed by atoms with E-state index in [0.29, 0.717) is 11.3 Å². The highest BCUT2D eigenvalue weighted by molar-refractivity contribution is 6.21. The monoisotopic (exact) mass is 442 g/mol. The molecule has 0 aromatic heterocycles. The van der Waals surface area contributed by atoms with E-state index in [-0.39, 0.29) is 22.8 Å². The number of benzene rings is 1. The summed E-state index contributed by atoms with van der Waals surface area (Å²) in [5, 5.41) is 28.6. The normalized spacial score (nSPS) is 16.0. The van der Waals surface area contributed by atoms with Crippen LogP contribution in [-0.2, 0) is 9.68 Å². The van der Waals surface area contributed by atoms with E-state index in [1.165, 1.54) is 18.2 Å². The number of aliphatic hydroxyl groups excluding tert-OH is 1. The van der Waals surface area contributed by atoms with Crippen LogP contribution < -0.4 is 10.5 Å². The molecule has 3 atom stereocenters. The minimum absolute atomic E-state index is 0.00342. The van der Waals surface area contributed by atoms with Crippen LogP contribution in [0.2, 0.25) is 0 Å². The minimum Gasteiger partial charge on any atom is -0.473 e. The van der Waals surface area contributed by atoms with Gasteiger partial charge in [-0.15, -0.1) is 20.2 Å². The third kappa shape index (κ3) is 6.23. The summed E-state index contributed by atoms with van der Waals surface area (Å²) in [6.45, 7) is 2.29. The SMILES string of the molecule is CC(C)CC(O)C(N)Oc1ccc2c(c1)C(=O)N(CC(CO[N+](=O)[O-])O[N+](=O)[O-])C2=O. The van der Waals surface area contributed by atoms with Gasteiger partial charge in [0.2, 0.25) is 0 Å². The van der Waals surface area contributed by atoms with Crippen molar-refractivity contribution in [3.63, 3.8) is 0 Å². The Kier molecular flexibility index (Phi) is 7.66. The second kappa shape index (κ2) is 9.99. The van der Waals surface area contributed by atoms with E-state index in [1.54, 1.807) is 0 Å². The summed E-state index contributed by atoms with van der Waals surface area (Å²) in [6, 6.07) is 3.95. The number of rotatable bonds is 12. The number of imide groups is 1. The molecule has 0 aliphatic carbocycles. The molecule has 14 nitrogen and oxygen atoms in total. The van der Waals surface area contributed by atoms with Crippen LogP contribution in [0.1, 0.15) is 41.0 Å². The molecule has 1 aliphatic rings. The maximum absolute atomic E-state index is 12.7. The summed E-state index contributed by atoms with van der Waals surface area (Å²) in [6.07, 6.45) is -3.20. The number of carbonyl (C=O) groups is 2. The van der Waals surface area contributed by atoms with E-state index in [0.717, 1.165) is 0 Å². The first kappa shape index (κ1) is 23.8. The second-order valence-electron chi connectivity index (χ2n) is 7.18. The zero-order valence-corrected chi connectivity index (χ0v) is 16.7. The Bertz CT molecular complexity index is 861. The third-order valence-electron chi connectivity index (χ3n) is 4.29. The standard InChI is InChI=1S/C17H22N4O10/c1-9(2)5-14(22)15(18)30-10-3-4-12-13(6-10)17(24)19(16(12)23)7-11(31-21(27)28)8-29-20(25)26/h3-4,6,9,11,14-15,22H,5,7-8,18H2,1-2H3. The summed E-state index contributed by atoms with van der Waals surface area (Å²) in [7, 11) is 0. The lowest BCUT2D eigenvalue weighted by molar-refractivity contribution is -0.789. The fraction of sp³-hybridized carbons (Fsp3) is 0.529. The number of hydrogen-bond acceptors (Lipinski definition) is 11. The van der Waals surface area contributed by atoms with Gasteiger partial charge in [0.05, 0.1) is 17.7 Å². The largest absolute Gasteiger partial charge is 0.473 e. The third-order valence-corrected chi connectivity index (χ3v) is 4.29. The fourth-order valence-electron chi connectivity index (χ4n) is 2.95. The lowest BCUT2D eigenvalue weighted by atomic mass is 10.1. The lowest BCUT2D eigenvalue weighted by Gasteiger charge is -2.21. The van der Waals surface area contributed by atoms with Crippen LogP contribution in [0.5, 0.6) is 5.75 Å². The zero-order chi connectivity index (χ0) is 23.3. The Hall–Kier alpha value is -3.52. The molecule has 3 unspecified atom stereocenters. The topological polar surface area (TPSA) is 198 Å². The van der Waals surface area contributed by atoms with Crippen molar-refractivity contribution in [3.05, 3.63) is 49.6 Å². The summed E-state index contributed by atoms with van der Waals surface area (Å²) in [4.78, 5) is 55.1. The van der Waals surface area contributed by atoms with Crippen molar-refractivity contribution >= 4 is 11.8 Å². The molecule has 0 saturated carbocycles. The Balaban J connectivity index is 2.14. The van der Waals surface area contributed by atoms with Crippen molar-refractivity contribution in [2.75, 3.05) is 13.2 Å². The van der Waals surface area contributed by atoms with Crippen LogP contribution in [0, 0.1) is 26.1 Å². The van der Waals surface area contributed by atoms with Gasteiger partial charge < -0.3 is 19.5 Å². The molecular formula is C17H22N4O10. The molecule has 2 rings (SSSR count). The lowest BCUT2D eigenvalue weighted by Crippen LogP contribution is -2.41. The highest BCUT2D eigenvalue weighted by Gasteiger charge is 2.38. The van der Waals surface area contributed by atoms with E-state index >= 15 is 0 Å². The molecule has 1 aromatic rings. The number of nitrogens with zero attached hydrogens (tertiary/aromatic N) is 3. The maximum atomic E-state index is 12.7. The average Bonchev–Trinajstić information content (AvgIpc) is 2.89. The Morgan fingerprint density at radius 3 is 2.35 bits per heavy atom. The van der Waals surface area contributed by atoms with Crippen molar-refractivity contribution in [3.8, 4) is 5.75 Å². The molecule has 2 amide bonds. The van der Waals surface area contributed by atoms with Crippen molar-refractivity contribution < 1.29 is 39.3 Å². The van der Waals surface area contributed by atoms with Crippen LogP contribution in [0.4, 0.5) is 0 Å². The van der Waals surface area contributed by atoms with Crippen LogP contribution in [0.3, 0.4) is 0 Å². The fourth-order valence-corrected chi connectivity index (χ4v) is 2.95. The van der Waals surface area contributed by atoms with Crippen LogP contribution in [0.15, 0.2) is 18.2 Å². The first-order chi connectivity index (χ1) is 14.5. The quantitative estimate of drug-likeness (QED) is 0.193. The van der Waals surface area contributed by atoms with E-state index in [4.69, 9.17) is 10.5 Å². The Morgan fingerprint density at radius 1 is 1.13 bits per heavy atom. The van der Waals surface area contributed by atoms with Gasteiger partial charge in [-0.3, -0.25) is 20.2 Å². The first-order valence-electron chi connectivity index (χ1n) is 9.18. The molecule has 0 fully saturated rings. The van der Waals surface area contributed by atoms with Gasteiger partial charge in [0.1, 0.15) is 24.6 Å². The van der Waals surface area contributed by atoms with Crippen LogP contribution >= 0.6 is 0 Å². The van der Waals surface area contributed by atoms with E-state index in [9.17, 15) is 34.9 Å². The van der Waals surface area contributed by atoms with Gasteiger partial charge in [0, 0.05) is 0 Å². The molecule has 1 aromatic carbocycles. The Labute approximate surface area is 175 Å². The molecule has 31 heavy (non-hydrogen) atoms. The molecule has 3 N–H and O–H groups in total. The van der Waals surface area contributed by atoms with Gasteiger partial charge in [-0.2, -0.15) is 0 Å². The summed E-state index contributed by atoms with van der Waals surface area (Å²) in [5.41, 5.74) is 5.77. The smallest absolute Gasteiger partial charge is 0.294 e. The zero-order valence-electron chi connectivity index (χ0n) is 16.7. The van der Waals surface area contributed by atoms with Crippen LogP contribution in [0.25, 0.3) is 0 Å². The predicted molar refractivity (Wildman–Crippen MR) is 101 cm³/mol. The number of aliphatic hydroxyl groups is 1. The average molecular weight is 442 g/mol. The minimum atomic E-state index is -1.57. The van der Waals surface area contributed by atoms with Crippen molar-refractivity contribution in [1.29, 1.82) is 0 Å². The highest BCUT2D eigenvalue weighted by atomic mass is 17.0. The molecule has 170 valence electrons. The molecule has 0 saturated heterocycles. The van der Waals surface area contributed by atoms with Crippen molar-refractivity contribution in [1.82, 2.24) is 4.90 Å².